The molecule has 0 radical (unpaired) electrons. The van der Waals surface area contributed by atoms with E-state index in [-0.39, 0.29) is 24.8 Å². The molecular formula is C14H12F3NO3. The summed E-state index contributed by atoms with van der Waals surface area (Å²) in [6.45, 7) is 0.144. The fourth-order valence-corrected chi connectivity index (χ4v) is 1.53. The van der Waals surface area contributed by atoms with E-state index in [1.54, 1.807) is 12.1 Å². The van der Waals surface area contributed by atoms with Crippen LogP contribution < -0.4 is 9.47 Å². The summed E-state index contributed by atoms with van der Waals surface area (Å²) in [6, 6.07) is 9.60. The lowest BCUT2D eigenvalue weighted by Gasteiger charge is -2.10. The van der Waals surface area contributed by atoms with Crippen molar-refractivity contribution in [2.24, 2.45) is 0 Å². The van der Waals surface area contributed by atoms with Crippen molar-refractivity contribution in [2.45, 2.75) is 6.18 Å². The highest BCUT2D eigenvalue weighted by Gasteiger charge is 2.32. The molecule has 0 aliphatic rings. The van der Waals surface area contributed by atoms with Gasteiger partial charge in [0.1, 0.15) is 30.4 Å². The Balaban J connectivity index is 1.84. The van der Waals surface area contributed by atoms with Gasteiger partial charge in [0.15, 0.2) is 0 Å². The standard InChI is InChI=1S/C14H12F3NO3/c15-14(16,17)12-5-2-6-13(18-12)21-8-7-20-11-4-1-3-10(19)9-11/h1-6,9,19H,7-8H2. The minimum absolute atomic E-state index is 0.0317. The molecule has 2 aromatic rings. The minimum atomic E-state index is -4.50. The largest absolute Gasteiger partial charge is 0.508 e. The van der Waals surface area contributed by atoms with E-state index in [9.17, 15) is 18.3 Å². The predicted molar refractivity (Wildman–Crippen MR) is 68.3 cm³/mol. The molecule has 4 nitrogen and oxygen atoms in total. The number of phenolic OH excluding ortho intramolecular Hbond substituents is 1. The maximum Gasteiger partial charge on any atom is 0.433 e. The maximum atomic E-state index is 12.4. The summed E-state index contributed by atoms with van der Waals surface area (Å²) in [5, 5.41) is 9.23. The van der Waals surface area contributed by atoms with Crippen LogP contribution in [0, 0.1) is 0 Å². The Kier molecular flexibility index (Phi) is 4.52. The molecule has 7 heteroatoms. The first-order valence-electron chi connectivity index (χ1n) is 6.04. The number of phenols is 1. The average molecular weight is 299 g/mol. The van der Waals surface area contributed by atoms with Crippen molar-refractivity contribution in [3.8, 4) is 17.4 Å². The van der Waals surface area contributed by atoms with Gasteiger partial charge < -0.3 is 14.6 Å². The molecule has 0 aliphatic heterocycles. The van der Waals surface area contributed by atoms with Crippen molar-refractivity contribution in [1.29, 1.82) is 0 Å². The fourth-order valence-electron chi connectivity index (χ4n) is 1.53. The van der Waals surface area contributed by atoms with Crippen LogP contribution in [0.3, 0.4) is 0 Å². The fraction of sp³-hybridized carbons (Fsp3) is 0.214. The molecule has 1 N–H and O–H groups in total. The van der Waals surface area contributed by atoms with Gasteiger partial charge in [0.05, 0.1) is 0 Å². The van der Waals surface area contributed by atoms with E-state index in [4.69, 9.17) is 9.47 Å². The second-order valence-corrected chi connectivity index (χ2v) is 4.05. The highest BCUT2D eigenvalue weighted by atomic mass is 19.4. The Morgan fingerprint density at radius 1 is 1.00 bits per heavy atom. The third-order valence-corrected chi connectivity index (χ3v) is 2.43. The monoisotopic (exact) mass is 299 g/mol. The zero-order chi connectivity index (χ0) is 15.3. The van der Waals surface area contributed by atoms with Crippen molar-refractivity contribution in [2.75, 3.05) is 13.2 Å². The van der Waals surface area contributed by atoms with Gasteiger partial charge >= 0.3 is 6.18 Å². The van der Waals surface area contributed by atoms with E-state index >= 15 is 0 Å². The number of aromatic hydroxyl groups is 1. The lowest BCUT2D eigenvalue weighted by atomic mass is 10.3. The molecule has 0 spiro atoms. The van der Waals surface area contributed by atoms with Gasteiger partial charge in [0, 0.05) is 12.1 Å². The SMILES string of the molecule is Oc1cccc(OCCOc2cccc(C(F)(F)F)n2)c1. The molecule has 0 fully saturated rings. The van der Waals surface area contributed by atoms with Gasteiger partial charge in [-0.1, -0.05) is 12.1 Å². The Morgan fingerprint density at radius 3 is 2.43 bits per heavy atom. The van der Waals surface area contributed by atoms with E-state index in [2.05, 4.69) is 4.98 Å². The molecule has 0 atom stereocenters. The third kappa shape index (κ3) is 4.55. The lowest BCUT2D eigenvalue weighted by molar-refractivity contribution is -0.141. The second kappa shape index (κ2) is 6.34. The van der Waals surface area contributed by atoms with Crippen LogP contribution in [0.1, 0.15) is 5.69 Å². The summed E-state index contributed by atoms with van der Waals surface area (Å²) in [7, 11) is 0. The topological polar surface area (TPSA) is 51.6 Å². The van der Waals surface area contributed by atoms with Crippen LogP contribution in [0.4, 0.5) is 13.2 Å². The highest BCUT2D eigenvalue weighted by molar-refractivity contribution is 5.31. The van der Waals surface area contributed by atoms with Crippen LogP contribution >= 0.6 is 0 Å². The number of halogens is 3. The summed E-state index contributed by atoms with van der Waals surface area (Å²) in [4.78, 5) is 3.36. The Morgan fingerprint density at radius 2 is 1.71 bits per heavy atom. The summed E-state index contributed by atoms with van der Waals surface area (Å²) in [5.74, 6) is 0.382. The number of nitrogens with zero attached hydrogens (tertiary/aromatic N) is 1. The quantitative estimate of drug-likeness (QED) is 0.861. The zero-order valence-electron chi connectivity index (χ0n) is 10.8. The van der Waals surface area contributed by atoms with Gasteiger partial charge in [0.25, 0.3) is 0 Å². The number of aromatic nitrogens is 1. The molecule has 112 valence electrons. The predicted octanol–water partition coefficient (Wildman–Crippen LogP) is 3.26. The first kappa shape index (κ1) is 15.0. The Hall–Kier alpha value is -2.44. The molecule has 21 heavy (non-hydrogen) atoms. The van der Waals surface area contributed by atoms with Gasteiger partial charge in [-0.25, -0.2) is 4.98 Å². The number of pyridine rings is 1. The van der Waals surface area contributed by atoms with E-state index in [0.717, 1.165) is 6.07 Å². The first-order valence-corrected chi connectivity index (χ1v) is 6.04. The average Bonchev–Trinajstić information content (AvgIpc) is 2.43. The molecular weight excluding hydrogens is 287 g/mol. The molecule has 0 unspecified atom stereocenters. The number of hydrogen-bond donors (Lipinski definition) is 1. The smallest absolute Gasteiger partial charge is 0.433 e. The van der Waals surface area contributed by atoms with E-state index in [0.29, 0.717) is 5.75 Å². The van der Waals surface area contributed by atoms with Gasteiger partial charge in [-0.3, -0.25) is 0 Å². The van der Waals surface area contributed by atoms with Crippen molar-refractivity contribution in [3.05, 3.63) is 48.2 Å². The zero-order valence-corrected chi connectivity index (χ0v) is 10.8. The van der Waals surface area contributed by atoms with Crippen molar-refractivity contribution in [1.82, 2.24) is 4.98 Å². The Labute approximate surface area is 118 Å². The van der Waals surface area contributed by atoms with Crippen LogP contribution in [0.15, 0.2) is 42.5 Å². The summed E-state index contributed by atoms with van der Waals surface area (Å²) in [6.07, 6.45) is -4.50. The lowest BCUT2D eigenvalue weighted by Crippen LogP contribution is -2.12. The number of ether oxygens (including phenoxy) is 2. The number of hydrogen-bond acceptors (Lipinski definition) is 4. The molecule has 0 amide bonds. The van der Waals surface area contributed by atoms with Gasteiger partial charge in [-0.05, 0) is 18.2 Å². The molecule has 1 aromatic carbocycles. The number of alkyl halides is 3. The highest BCUT2D eigenvalue weighted by Crippen LogP contribution is 2.28. The first-order chi connectivity index (χ1) is 9.95. The van der Waals surface area contributed by atoms with Crippen LogP contribution in [-0.4, -0.2) is 23.3 Å². The van der Waals surface area contributed by atoms with Crippen LogP contribution in [0.25, 0.3) is 0 Å². The van der Waals surface area contributed by atoms with Crippen molar-refractivity contribution >= 4 is 0 Å². The van der Waals surface area contributed by atoms with Crippen LogP contribution in [0.5, 0.6) is 17.4 Å². The Bertz CT molecular complexity index is 602. The molecule has 0 saturated carbocycles. The van der Waals surface area contributed by atoms with Gasteiger partial charge in [-0.2, -0.15) is 13.2 Å². The normalized spacial score (nSPS) is 11.2. The minimum Gasteiger partial charge on any atom is -0.508 e. The number of benzene rings is 1. The molecule has 0 saturated heterocycles. The second-order valence-electron chi connectivity index (χ2n) is 4.05. The number of rotatable bonds is 5. The van der Waals surface area contributed by atoms with E-state index < -0.39 is 11.9 Å². The summed E-state index contributed by atoms with van der Waals surface area (Å²) in [5.41, 5.74) is -1.01. The van der Waals surface area contributed by atoms with Crippen LogP contribution in [0.2, 0.25) is 0 Å². The summed E-state index contributed by atoms with van der Waals surface area (Å²) < 4.78 is 47.7. The van der Waals surface area contributed by atoms with Crippen molar-refractivity contribution < 1.29 is 27.8 Å². The molecule has 1 aromatic heterocycles. The summed E-state index contributed by atoms with van der Waals surface area (Å²) >= 11 is 0. The molecule has 0 bridgehead atoms. The van der Waals surface area contributed by atoms with E-state index in [1.165, 1.54) is 24.3 Å². The van der Waals surface area contributed by atoms with E-state index in [1.807, 2.05) is 0 Å². The molecule has 0 aliphatic carbocycles. The van der Waals surface area contributed by atoms with Gasteiger partial charge in [0.2, 0.25) is 5.88 Å². The van der Waals surface area contributed by atoms with Gasteiger partial charge in [-0.15, -0.1) is 0 Å². The van der Waals surface area contributed by atoms with Crippen molar-refractivity contribution in [3.63, 3.8) is 0 Å². The van der Waals surface area contributed by atoms with Crippen LogP contribution in [-0.2, 0) is 6.18 Å². The molecule has 1 heterocycles. The molecule has 2 rings (SSSR count). The maximum absolute atomic E-state index is 12.4. The third-order valence-electron chi connectivity index (χ3n) is 2.43.